The molecule has 0 bridgehead atoms. The van der Waals surface area contributed by atoms with Crippen LogP contribution >= 0.6 is 11.6 Å². The number of hydrazone groups is 1. The molecule has 5 heteroatoms. The second kappa shape index (κ2) is 8.24. The fraction of sp³-hybridized carbons (Fsp3) is 0.364. The maximum absolute atomic E-state index is 13.1. The first-order valence-electron chi connectivity index (χ1n) is 9.64. The van der Waals surface area contributed by atoms with Gasteiger partial charge in [-0.1, -0.05) is 66.6 Å². The van der Waals surface area contributed by atoms with Crippen molar-refractivity contribution in [2.24, 2.45) is 5.10 Å². The Bertz CT molecular complexity index is 830. The lowest BCUT2D eigenvalue weighted by Gasteiger charge is -2.29. The number of halogens is 1. The van der Waals surface area contributed by atoms with Crippen molar-refractivity contribution in [3.8, 4) is 0 Å². The molecule has 2 aromatic carbocycles. The Labute approximate surface area is 165 Å². The number of likely N-dealkylation sites (tertiary alicyclic amines) is 1. The Morgan fingerprint density at radius 2 is 1.70 bits per heavy atom. The number of amides is 1. The van der Waals surface area contributed by atoms with Gasteiger partial charge in [0.15, 0.2) is 0 Å². The van der Waals surface area contributed by atoms with Gasteiger partial charge in [0.05, 0.1) is 18.3 Å². The summed E-state index contributed by atoms with van der Waals surface area (Å²) < 4.78 is 0. The molecular weight excluding hydrogens is 358 g/mol. The first kappa shape index (κ1) is 18.2. The summed E-state index contributed by atoms with van der Waals surface area (Å²) in [6, 6.07) is 17.8. The van der Waals surface area contributed by atoms with E-state index in [1.807, 2.05) is 42.5 Å². The van der Waals surface area contributed by atoms with Gasteiger partial charge in [0, 0.05) is 17.0 Å². The third-order valence-corrected chi connectivity index (χ3v) is 5.67. The fourth-order valence-electron chi connectivity index (χ4n) is 3.91. The predicted octanol–water partition coefficient (Wildman–Crippen LogP) is 4.50. The van der Waals surface area contributed by atoms with E-state index in [-0.39, 0.29) is 11.9 Å². The van der Waals surface area contributed by atoms with E-state index in [0.29, 0.717) is 18.0 Å². The quantitative estimate of drug-likeness (QED) is 0.781. The fourth-order valence-corrected chi connectivity index (χ4v) is 4.16. The zero-order chi connectivity index (χ0) is 18.6. The van der Waals surface area contributed by atoms with Crippen molar-refractivity contribution in [3.63, 3.8) is 0 Å². The molecule has 2 heterocycles. The Kier molecular flexibility index (Phi) is 5.55. The van der Waals surface area contributed by atoms with Crippen LogP contribution < -0.4 is 0 Å². The van der Waals surface area contributed by atoms with Crippen LogP contribution in [0.5, 0.6) is 0 Å². The highest BCUT2D eigenvalue weighted by Gasteiger charge is 2.34. The average Bonchev–Trinajstić information content (AvgIpc) is 3.15. The van der Waals surface area contributed by atoms with Crippen molar-refractivity contribution >= 4 is 23.2 Å². The molecule has 4 rings (SSSR count). The molecule has 0 aromatic heterocycles. The highest BCUT2D eigenvalue weighted by atomic mass is 35.5. The SMILES string of the molecule is O=C(CN1CCCCC1)N1N=C(c2ccccc2Cl)CC1c1ccccc1. The number of rotatable bonds is 4. The largest absolute Gasteiger partial charge is 0.294 e. The van der Waals surface area contributed by atoms with Crippen LogP contribution in [0, 0.1) is 0 Å². The third kappa shape index (κ3) is 4.07. The van der Waals surface area contributed by atoms with Crippen LogP contribution in [0.15, 0.2) is 59.7 Å². The number of hydrogen-bond acceptors (Lipinski definition) is 3. The van der Waals surface area contributed by atoms with E-state index in [1.54, 1.807) is 5.01 Å². The molecule has 0 aliphatic carbocycles. The molecule has 1 saturated heterocycles. The Morgan fingerprint density at radius 3 is 2.44 bits per heavy atom. The molecule has 4 nitrogen and oxygen atoms in total. The second-order valence-electron chi connectivity index (χ2n) is 7.23. The zero-order valence-electron chi connectivity index (χ0n) is 15.4. The van der Waals surface area contributed by atoms with Crippen LogP contribution in [0.25, 0.3) is 0 Å². The molecule has 2 aliphatic rings. The first-order chi connectivity index (χ1) is 13.2. The number of hydrogen-bond donors (Lipinski definition) is 0. The summed E-state index contributed by atoms with van der Waals surface area (Å²) in [5.74, 6) is 0.0628. The summed E-state index contributed by atoms with van der Waals surface area (Å²) in [6.45, 7) is 2.43. The Hall–Kier alpha value is -2.17. The van der Waals surface area contributed by atoms with Crippen LogP contribution in [0.4, 0.5) is 0 Å². The van der Waals surface area contributed by atoms with E-state index in [4.69, 9.17) is 16.7 Å². The zero-order valence-corrected chi connectivity index (χ0v) is 16.1. The normalized spacial score (nSPS) is 20.6. The van der Waals surface area contributed by atoms with Crippen molar-refractivity contribution in [2.75, 3.05) is 19.6 Å². The van der Waals surface area contributed by atoms with E-state index in [0.717, 1.165) is 29.9 Å². The highest BCUT2D eigenvalue weighted by Crippen LogP contribution is 2.34. The van der Waals surface area contributed by atoms with E-state index >= 15 is 0 Å². The minimum Gasteiger partial charge on any atom is -0.294 e. The molecule has 0 spiro atoms. The molecule has 1 unspecified atom stereocenters. The molecule has 0 saturated carbocycles. The van der Waals surface area contributed by atoms with E-state index < -0.39 is 0 Å². The van der Waals surface area contributed by atoms with Crippen LogP contribution in [0.3, 0.4) is 0 Å². The third-order valence-electron chi connectivity index (χ3n) is 5.34. The lowest BCUT2D eigenvalue weighted by molar-refractivity contribution is -0.134. The van der Waals surface area contributed by atoms with Gasteiger partial charge in [-0.25, -0.2) is 5.01 Å². The lowest BCUT2D eigenvalue weighted by Crippen LogP contribution is -2.40. The molecule has 2 aliphatic heterocycles. The van der Waals surface area contributed by atoms with Crippen molar-refractivity contribution < 1.29 is 4.79 Å². The van der Waals surface area contributed by atoms with Crippen molar-refractivity contribution in [3.05, 3.63) is 70.7 Å². The standard InChI is InChI=1S/C22H24ClN3O/c23-19-12-6-5-11-18(19)20-15-21(17-9-3-1-4-10-17)26(24-20)22(27)16-25-13-7-2-8-14-25/h1,3-6,9-12,21H,2,7-8,13-16H2. The summed E-state index contributed by atoms with van der Waals surface area (Å²) in [5.41, 5.74) is 2.89. The van der Waals surface area contributed by atoms with Crippen molar-refractivity contribution in [1.82, 2.24) is 9.91 Å². The smallest absolute Gasteiger partial charge is 0.257 e. The molecule has 1 fully saturated rings. The molecule has 27 heavy (non-hydrogen) atoms. The minimum atomic E-state index is -0.0743. The van der Waals surface area contributed by atoms with Crippen molar-refractivity contribution in [2.45, 2.75) is 31.7 Å². The summed E-state index contributed by atoms with van der Waals surface area (Å²) >= 11 is 6.39. The maximum atomic E-state index is 13.1. The van der Waals surface area contributed by atoms with Gasteiger partial charge < -0.3 is 0 Å². The first-order valence-corrected chi connectivity index (χ1v) is 10.0. The molecule has 1 atom stereocenters. The highest BCUT2D eigenvalue weighted by molar-refractivity contribution is 6.34. The second-order valence-corrected chi connectivity index (χ2v) is 7.64. The molecular formula is C22H24ClN3O. The molecule has 2 aromatic rings. The van der Waals surface area contributed by atoms with Gasteiger partial charge in [0.25, 0.3) is 5.91 Å². The molecule has 1 amide bonds. The van der Waals surface area contributed by atoms with E-state index in [1.165, 1.54) is 19.3 Å². The Balaban J connectivity index is 1.61. The lowest BCUT2D eigenvalue weighted by atomic mass is 9.98. The summed E-state index contributed by atoms with van der Waals surface area (Å²) in [4.78, 5) is 15.4. The average molecular weight is 382 g/mol. The van der Waals surface area contributed by atoms with Gasteiger partial charge in [-0.05, 0) is 37.6 Å². The van der Waals surface area contributed by atoms with Crippen LogP contribution in [-0.2, 0) is 4.79 Å². The topological polar surface area (TPSA) is 35.9 Å². The number of nitrogens with zero attached hydrogens (tertiary/aromatic N) is 3. The summed E-state index contributed by atoms with van der Waals surface area (Å²) in [7, 11) is 0. The van der Waals surface area contributed by atoms with Gasteiger partial charge >= 0.3 is 0 Å². The van der Waals surface area contributed by atoms with Gasteiger partial charge in [-0.3, -0.25) is 9.69 Å². The molecule has 0 N–H and O–H groups in total. The van der Waals surface area contributed by atoms with E-state index in [2.05, 4.69) is 17.0 Å². The maximum Gasteiger partial charge on any atom is 0.257 e. The Morgan fingerprint density at radius 1 is 1.00 bits per heavy atom. The van der Waals surface area contributed by atoms with Gasteiger partial charge in [-0.15, -0.1) is 0 Å². The summed E-state index contributed by atoms with van der Waals surface area (Å²) in [5, 5.41) is 7.09. The number of carbonyl (C=O) groups excluding carboxylic acids is 1. The minimum absolute atomic E-state index is 0.0628. The van der Waals surface area contributed by atoms with Gasteiger partial charge in [0.1, 0.15) is 0 Å². The number of benzene rings is 2. The van der Waals surface area contributed by atoms with Gasteiger partial charge in [0.2, 0.25) is 0 Å². The summed E-state index contributed by atoms with van der Waals surface area (Å²) in [6.07, 6.45) is 4.28. The number of carbonyl (C=O) groups is 1. The van der Waals surface area contributed by atoms with Gasteiger partial charge in [-0.2, -0.15) is 5.10 Å². The van der Waals surface area contributed by atoms with Crippen LogP contribution in [-0.4, -0.2) is 41.2 Å². The molecule has 140 valence electrons. The predicted molar refractivity (Wildman–Crippen MR) is 109 cm³/mol. The monoisotopic (exact) mass is 381 g/mol. The van der Waals surface area contributed by atoms with Crippen molar-refractivity contribution in [1.29, 1.82) is 0 Å². The molecule has 0 radical (unpaired) electrons. The van der Waals surface area contributed by atoms with E-state index in [9.17, 15) is 4.79 Å². The van der Waals surface area contributed by atoms with Crippen LogP contribution in [0.1, 0.15) is 42.9 Å². The number of piperidine rings is 1. The van der Waals surface area contributed by atoms with Crippen LogP contribution in [0.2, 0.25) is 5.02 Å².